The first-order valence-electron chi connectivity index (χ1n) is 6.60. The number of aliphatic hydroxyl groups excluding tert-OH is 2. The average Bonchev–Trinajstić information content (AvgIpc) is 2.69. The largest absolute Gasteiger partial charge is 0.388 e. The Balaban J connectivity index is 1.91. The molecule has 19 heavy (non-hydrogen) atoms. The number of ether oxygens (including phenoxy) is 4. The average molecular weight is 276 g/mol. The van der Waals surface area contributed by atoms with Gasteiger partial charge in [-0.15, -0.1) is 0 Å². The third-order valence-electron chi connectivity index (χ3n) is 3.12. The summed E-state index contributed by atoms with van der Waals surface area (Å²) >= 11 is 0. The van der Waals surface area contributed by atoms with Crippen molar-refractivity contribution in [1.82, 2.24) is 0 Å². The first kappa shape index (κ1) is 15.2. The Kier molecular flexibility index (Phi) is 3.94. The minimum absolute atomic E-state index is 0.0913. The van der Waals surface area contributed by atoms with Crippen molar-refractivity contribution in [3.63, 3.8) is 0 Å². The Labute approximate surface area is 113 Å². The Morgan fingerprint density at radius 1 is 1.26 bits per heavy atom. The van der Waals surface area contributed by atoms with E-state index >= 15 is 0 Å². The molecule has 6 nitrogen and oxygen atoms in total. The summed E-state index contributed by atoms with van der Waals surface area (Å²) in [5, 5.41) is 20.2. The molecular formula is C13H24O6. The maximum absolute atomic E-state index is 10.1. The topological polar surface area (TPSA) is 77.4 Å². The summed E-state index contributed by atoms with van der Waals surface area (Å²) in [6.07, 6.45) is -3.81. The molecule has 2 aliphatic rings. The van der Waals surface area contributed by atoms with Crippen molar-refractivity contribution in [1.29, 1.82) is 0 Å². The molecular weight excluding hydrogens is 252 g/mol. The summed E-state index contributed by atoms with van der Waals surface area (Å²) in [7, 11) is 0. The Hall–Kier alpha value is -0.240. The lowest BCUT2D eigenvalue weighted by Crippen LogP contribution is -2.43. The van der Waals surface area contributed by atoms with Gasteiger partial charge in [0.2, 0.25) is 0 Å². The van der Waals surface area contributed by atoms with E-state index in [0.717, 1.165) is 0 Å². The van der Waals surface area contributed by atoms with Gasteiger partial charge in [0.25, 0.3) is 0 Å². The van der Waals surface area contributed by atoms with Crippen molar-refractivity contribution in [3.05, 3.63) is 0 Å². The molecule has 2 heterocycles. The highest BCUT2D eigenvalue weighted by atomic mass is 16.8. The third-order valence-corrected chi connectivity index (χ3v) is 3.12. The van der Waals surface area contributed by atoms with Crippen LogP contribution in [0.3, 0.4) is 0 Å². The molecule has 0 aromatic carbocycles. The lowest BCUT2D eigenvalue weighted by molar-refractivity contribution is -0.230. The monoisotopic (exact) mass is 276 g/mol. The summed E-state index contributed by atoms with van der Waals surface area (Å²) in [5.41, 5.74) is -0.352. The number of rotatable bonds is 3. The van der Waals surface area contributed by atoms with E-state index in [2.05, 4.69) is 0 Å². The Morgan fingerprint density at radius 2 is 1.89 bits per heavy atom. The standard InChI is InChI=1S/C13H24O6/c1-12(2,3)16-6-7(14)9-8(15)10-11(17-9)19-13(4,5)18-10/h7-11,14-15H,6H2,1-5H3. The van der Waals surface area contributed by atoms with E-state index in [9.17, 15) is 10.2 Å². The fourth-order valence-electron chi connectivity index (χ4n) is 2.26. The lowest BCUT2D eigenvalue weighted by Gasteiger charge is -2.28. The number of fused-ring (bicyclic) bond motifs is 1. The Bertz CT molecular complexity index is 324. The quantitative estimate of drug-likeness (QED) is 0.777. The van der Waals surface area contributed by atoms with E-state index < -0.39 is 36.5 Å². The molecule has 0 spiro atoms. The maximum Gasteiger partial charge on any atom is 0.190 e. The van der Waals surface area contributed by atoms with Gasteiger partial charge in [-0.1, -0.05) is 0 Å². The van der Waals surface area contributed by atoms with Crippen LogP contribution < -0.4 is 0 Å². The van der Waals surface area contributed by atoms with E-state index in [4.69, 9.17) is 18.9 Å². The number of hydrogen-bond donors (Lipinski definition) is 2. The normalized spacial score (nSPS) is 39.3. The van der Waals surface area contributed by atoms with Gasteiger partial charge in [0.15, 0.2) is 12.1 Å². The molecule has 0 amide bonds. The number of hydrogen-bond acceptors (Lipinski definition) is 6. The van der Waals surface area contributed by atoms with E-state index in [0.29, 0.717) is 0 Å². The molecule has 5 atom stereocenters. The van der Waals surface area contributed by atoms with Crippen molar-refractivity contribution in [3.8, 4) is 0 Å². The molecule has 0 aliphatic carbocycles. The van der Waals surface area contributed by atoms with Gasteiger partial charge in [-0.25, -0.2) is 0 Å². The van der Waals surface area contributed by atoms with Crippen molar-refractivity contribution < 1.29 is 29.2 Å². The minimum atomic E-state index is -0.926. The van der Waals surface area contributed by atoms with Crippen LogP contribution in [0.15, 0.2) is 0 Å². The van der Waals surface area contributed by atoms with Crippen LogP contribution in [0.5, 0.6) is 0 Å². The first-order chi connectivity index (χ1) is 8.59. The molecule has 6 heteroatoms. The summed E-state index contributed by atoms with van der Waals surface area (Å²) < 4.78 is 22.1. The van der Waals surface area contributed by atoms with Gasteiger partial charge in [-0.05, 0) is 34.6 Å². The zero-order chi connectivity index (χ0) is 14.4. The zero-order valence-electron chi connectivity index (χ0n) is 12.1. The van der Waals surface area contributed by atoms with Crippen LogP contribution in [-0.4, -0.2) is 58.9 Å². The van der Waals surface area contributed by atoms with Gasteiger partial charge < -0.3 is 29.2 Å². The summed E-state index contributed by atoms with van der Waals surface area (Å²) in [4.78, 5) is 0. The van der Waals surface area contributed by atoms with Gasteiger partial charge in [0, 0.05) is 0 Å². The molecule has 5 unspecified atom stereocenters. The van der Waals surface area contributed by atoms with Crippen LogP contribution in [0, 0.1) is 0 Å². The van der Waals surface area contributed by atoms with Gasteiger partial charge in [0.05, 0.1) is 12.2 Å². The SMILES string of the molecule is CC(C)(C)OCC(O)C1OC2OC(C)(C)OC2C1O. The van der Waals surface area contributed by atoms with E-state index in [-0.39, 0.29) is 12.2 Å². The van der Waals surface area contributed by atoms with Gasteiger partial charge >= 0.3 is 0 Å². The predicted molar refractivity (Wildman–Crippen MR) is 66.4 cm³/mol. The second kappa shape index (κ2) is 4.95. The fourth-order valence-corrected chi connectivity index (χ4v) is 2.26. The van der Waals surface area contributed by atoms with Crippen molar-refractivity contribution in [2.45, 2.75) is 76.7 Å². The summed E-state index contributed by atoms with van der Waals surface area (Å²) in [5.74, 6) is -0.770. The molecule has 0 bridgehead atoms. The lowest BCUT2D eigenvalue weighted by atomic mass is 10.1. The molecule has 0 radical (unpaired) electrons. The van der Waals surface area contributed by atoms with Crippen LogP contribution in [0.2, 0.25) is 0 Å². The van der Waals surface area contributed by atoms with E-state index in [1.165, 1.54) is 0 Å². The Morgan fingerprint density at radius 3 is 2.42 bits per heavy atom. The minimum Gasteiger partial charge on any atom is -0.388 e. The molecule has 0 aromatic rings. The third kappa shape index (κ3) is 3.45. The fraction of sp³-hybridized carbons (Fsp3) is 1.00. The van der Waals surface area contributed by atoms with E-state index in [1.807, 2.05) is 20.8 Å². The van der Waals surface area contributed by atoms with Gasteiger partial charge in [0.1, 0.15) is 24.4 Å². The second-order valence-corrected chi connectivity index (χ2v) is 6.55. The predicted octanol–water partition coefficient (Wildman–Crippen LogP) is 0.400. The second-order valence-electron chi connectivity index (χ2n) is 6.55. The van der Waals surface area contributed by atoms with Crippen LogP contribution in [-0.2, 0) is 18.9 Å². The molecule has 2 aliphatic heterocycles. The van der Waals surface area contributed by atoms with Crippen molar-refractivity contribution in [2.75, 3.05) is 6.61 Å². The number of aliphatic hydroxyl groups is 2. The highest BCUT2D eigenvalue weighted by Gasteiger charge is 2.55. The van der Waals surface area contributed by atoms with Gasteiger partial charge in [-0.2, -0.15) is 0 Å². The molecule has 2 fully saturated rings. The zero-order valence-corrected chi connectivity index (χ0v) is 12.1. The molecule has 112 valence electrons. The van der Waals surface area contributed by atoms with Crippen LogP contribution in [0.1, 0.15) is 34.6 Å². The molecule has 2 N–H and O–H groups in total. The highest BCUT2D eigenvalue weighted by Crippen LogP contribution is 2.38. The summed E-state index contributed by atoms with van der Waals surface area (Å²) in [6.45, 7) is 9.30. The van der Waals surface area contributed by atoms with Crippen LogP contribution >= 0.6 is 0 Å². The van der Waals surface area contributed by atoms with Crippen molar-refractivity contribution >= 4 is 0 Å². The molecule has 0 saturated carbocycles. The molecule has 2 saturated heterocycles. The van der Waals surface area contributed by atoms with E-state index in [1.54, 1.807) is 13.8 Å². The van der Waals surface area contributed by atoms with Crippen LogP contribution in [0.25, 0.3) is 0 Å². The molecule has 0 aromatic heterocycles. The maximum atomic E-state index is 10.1. The first-order valence-corrected chi connectivity index (χ1v) is 6.60. The van der Waals surface area contributed by atoms with Gasteiger partial charge in [-0.3, -0.25) is 0 Å². The smallest absolute Gasteiger partial charge is 0.190 e. The summed E-state index contributed by atoms with van der Waals surface area (Å²) in [6, 6.07) is 0. The highest BCUT2D eigenvalue weighted by molar-refractivity contribution is 4.95. The molecule has 2 rings (SSSR count). The van der Waals surface area contributed by atoms with Crippen molar-refractivity contribution in [2.24, 2.45) is 0 Å². The van der Waals surface area contributed by atoms with Crippen LogP contribution in [0.4, 0.5) is 0 Å².